The van der Waals surface area contributed by atoms with Gasteiger partial charge in [0.05, 0.1) is 5.39 Å². The van der Waals surface area contributed by atoms with E-state index in [1.807, 2.05) is 36.4 Å². The van der Waals surface area contributed by atoms with Gasteiger partial charge in [0.2, 0.25) is 11.8 Å². The molecule has 186 valence electrons. The zero-order chi connectivity index (χ0) is 26.4. The molecule has 4 aromatic rings. The SMILES string of the molecule is N#CC1=C(N)Oc2c(c(=O)oc3ccccc23)[C@@]12C(=O)N(CC(=O)OCc1ccccc1)c1ccccc12. The Balaban J connectivity index is 1.51. The molecule has 3 heterocycles. The highest BCUT2D eigenvalue weighted by molar-refractivity contribution is 6.16. The van der Waals surface area contributed by atoms with Gasteiger partial charge in [-0.05, 0) is 23.8 Å². The number of ether oxygens (including phenoxy) is 2. The second kappa shape index (κ2) is 8.64. The predicted octanol–water partition coefficient (Wildman–Crippen LogP) is 3.26. The standard InChI is InChI=1S/C29H19N3O6/c30-14-20-26(31)38-25-18-10-4-7-13-22(18)37-27(34)24(25)29(20)19-11-5-6-12-21(19)32(28(29)35)15-23(33)36-16-17-8-2-1-3-9-17/h1-13H,15-16,31H2/t29-/m0/s1. The van der Waals surface area contributed by atoms with E-state index in [0.717, 1.165) is 5.56 Å². The van der Waals surface area contributed by atoms with E-state index in [1.54, 1.807) is 48.5 Å². The number of anilines is 1. The molecular formula is C29H19N3O6. The Morgan fingerprint density at radius 1 is 1.00 bits per heavy atom. The Kier molecular flexibility index (Phi) is 5.24. The number of nitrogens with two attached hydrogens (primary N) is 1. The number of fused-ring (bicyclic) bond motifs is 6. The van der Waals surface area contributed by atoms with Crippen molar-refractivity contribution in [1.82, 2.24) is 0 Å². The maximum Gasteiger partial charge on any atom is 0.345 e. The first-order valence-electron chi connectivity index (χ1n) is 11.7. The monoisotopic (exact) mass is 505 g/mol. The normalized spacial score (nSPS) is 17.7. The average Bonchev–Trinajstić information content (AvgIpc) is 3.16. The Morgan fingerprint density at radius 2 is 1.71 bits per heavy atom. The highest BCUT2D eigenvalue weighted by atomic mass is 16.5. The summed E-state index contributed by atoms with van der Waals surface area (Å²) in [5, 5.41) is 10.6. The fraction of sp³-hybridized carbons (Fsp3) is 0.103. The van der Waals surface area contributed by atoms with Gasteiger partial charge in [-0.2, -0.15) is 5.26 Å². The van der Waals surface area contributed by atoms with Crippen LogP contribution < -0.4 is 21.0 Å². The minimum Gasteiger partial charge on any atom is -0.459 e. The van der Waals surface area contributed by atoms with Crippen LogP contribution in [0.5, 0.6) is 5.75 Å². The molecule has 2 N–H and O–H groups in total. The van der Waals surface area contributed by atoms with Gasteiger partial charge in [0, 0.05) is 11.3 Å². The van der Waals surface area contributed by atoms with Gasteiger partial charge in [-0.3, -0.25) is 14.5 Å². The zero-order valence-electron chi connectivity index (χ0n) is 19.8. The van der Waals surface area contributed by atoms with Crippen LogP contribution in [0.15, 0.2) is 99.5 Å². The number of carbonyl (C=O) groups excluding carboxylic acids is 2. The summed E-state index contributed by atoms with van der Waals surface area (Å²) in [4.78, 5) is 41.9. The predicted molar refractivity (Wildman–Crippen MR) is 136 cm³/mol. The minimum atomic E-state index is -1.96. The molecule has 0 aliphatic carbocycles. The Labute approximate surface area is 215 Å². The van der Waals surface area contributed by atoms with Crippen LogP contribution in [0.2, 0.25) is 0 Å². The summed E-state index contributed by atoms with van der Waals surface area (Å²) < 4.78 is 16.8. The second-order valence-corrected chi connectivity index (χ2v) is 8.85. The number of amides is 1. The second-order valence-electron chi connectivity index (χ2n) is 8.85. The number of carbonyl (C=O) groups is 2. The third-order valence-corrected chi connectivity index (χ3v) is 6.78. The first-order chi connectivity index (χ1) is 18.5. The van der Waals surface area contributed by atoms with Crippen molar-refractivity contribution in [2.45, 2.75) is 12.0 Å². The minimum absolute atomic E-state index is 0.0248. The van der Waals surface area contributed by atoms with Crippen molar-refractivity contribution in [3.05, 3.63) is 117 Å². The summed E-state index contributed by atoms with van der Waals surface area (Å²) >= 11 is 0. The van der Waals surface area contributed by atoms with E-state index in [2.05, 4.69) is 0 Å². The molecule has 9 nitrogen and oxygen atoms in total. The van der Waals surface area contributed by atoms with Gasteiger partial charge in [-0.15, -0.1) is 0 Å². The first-order valence-corrected chi connectivity index (χ1v) is 11.7. The van der Waals surface area contributed by atoms with Crippen molar-refractivity contribution in [1.29, 1.82) is 5.26 Å². The summed E-state index contributed by atoms with van der Waals surface area (Å²) in [5.41, 5.74) is 4.65. The number of hydrogen-bond donors (Lipinski definition) is 1. The average molecular weight is 505 g/mol. The summed E-state index contributed by atoms with van der Waals surface area (Å²) in [5.74, 6) is -1.65. The zero-order valence-corrected chi connectivity index (χ0v) is 19.8. The third kappa shape index (κ3) is 3.21. The van der Waals surface area contributed by atoms with Gasteiger partial charge in [-0.1, -0.05) is 60.7 Å². The largest absolute Gasteiger partial charge is 0.459 e. The van der Waals surface area contributed by atoms with Crippen molar-refractivity contribution < 1.29 is 23.5 Å². The number of hydrogen-bond acceptors (Lipinski definition) is 8. The van der Waals surface area contributed by atoms with E-state index >= 15 is 0 Å². The molecule has 1 aromatic heterocycles. The molecule has 0 saturated carbocycles. The summed E-state index contributed by atoms with van der Waals surface area (Å²) in [6.45, 7) is -0.421. The molecule has 2 aliphatic heterocycles. The molecular weight excluding hydrogens is 486 g/mol. The Morgan fingerprint density at radius 3 is 2.50 bits per heavy atom. The Bertz CT molecular complexity index is 1770. The van der Waals surface area contributed by atoms with Gasteiger partial charge in [-0.25, -0.2) is 4.79 Å². The number of nitrogens with zero attached hydrogens (tertiary/aromatic N) is 2. The molecule has 1 spiro atoms. The lowest BCUT2D eigenvalue weighted by Gasteiger charge is -2.33. The van der Waals surface area contributed by atoms with Crippen LogP contribution in [-0.2, 0) is 26.3 Å². The van der Waals surface area contributed by atoms with Crippen molar-refractivity contribution in [3.8, 4) is 11.8 Å². The van der Waals surface area contributed by atoms with Gasteiger partial charge < -0.3 is 19.6 Å². The smallest absolute Gasteiger partial charge is 0.345 e. The molecule has 1 amide bonds. The van der Waals surface area contributed by atoms with Crippen molar-refractivity contribution >= 4 is 28.5 Å². The van der Waals surface area contributed by atoms with Gasteiger partial charge >= 0.3 is 11.6 Å². The van der Waals surface area contributed by atoms with Gasteiger partial charge in [0.25, 0.3) is 0 Å². The van der Waals surface area contributed by atoms with Crippen molar-refractivity contribution in [2.24, 2.45) is 5.73 Å². The topological polar surface area (TPSA) is 136 Å². The fourth-order valence-corrected chi connectivity index (χ4v) is 5.17. The van der Waals surface area contributed by atoms with Crippen LogP contribution in [-0.4, -0.2) is 18.4 Å². The first kappa shape index (κ1) is 23.1. The third-order valence-electron chi connectivity index (χ3n) is 6.78. The molecule has 0 saturated heterocycles. The van der Waals surface area contributed by atoms with E-state index < -0.39 is 29.5 Å². The number of rotatable bonds is 4. The number of benzene rings is 3. The molecule has 0 bridgehead atoms. The Hall–Kier alpha value is -5.36. The molecule has 3 aromatic carbocycles. The maximum atomic E-state index is 14.4. The lowest BCUT2D eigenvalue weighted by molar-refractivity contribution is -0.144. The molecule has 9 heteroatoms. The molecule has 1 atom stereocenters. The molecule has 6 rings (SSSR count). The van der Waals surface area contributed by atoms with Crippen LogP contribution in [0.25, 0.3) is 11.0 Å². The van der Waals surface area contributed by atoms with Crippen LogP contribution in [0, 0.1) is 11.3 Å². The maximum absolute atomic E-state index is 14.4. The number of esters is 1. The number of para-hydroxylation sites is 2. The van der Waals surface area contributed by atoms with Gasteiger partial charge in [0.15, 0.2) is 11.2 Å². The van der Waals surface area contributed by atoms with E-state index in [9.17, 15) is 19.6 Å². The van der Waals surface area contributed by atoms with E-state index in [0.29, 0.717) is 16.6 Å². The van der Waals surface area contributed by atoms with Crippen LogP contribution in [0.1, 0.15) is 16.7 Å². The number of nitriles is 1. The molecule has 2 aliphatic rings. The van der Waals surface area contributed by atoms with E-state index in [1.165, 1.54) is 4.90 Å². The summed E-state index contributed by atoms with van der Waals surface area (Å²) in [7, 11) is 0. The van der Waals surface area contributed by atoms with Crippen molar-refractivity contribution in [3.63, 3.8) is 0 Å². The summed E-state index contributed by atoms with van der Waals surface area (Å²) in [6.07, 6.45) is 0. The lowest BCUT2D eigenvalue weighted by Crippen LogP contribution is -2.49. The van der Waals surface area contributed by atoms with Crippen molar-refractivity contribution in [2.75, 3.05) is 11.4 Å². The quantitative estimate of drug-likeness (QED) is 0.330. The molecule has 0 unspecified atom stereocenters. The van der Waals surface area contributed by atoms with E-state index in [4.69, 9.17) is 19.6 Å². The lowest BCUT2D eigenvalue weighted by atomic mass is 9.69. The highest BCUT2D eigenvalue weighted by Gasteiger charge is 2.61. The highest BCUT2D eigenvalue weighted by Crippen LogP contribution is 2.55. The van der Waals surface area contributed by atoms with Gasteiger partial charge in [0.1, 0.15) is 35.9 Å². The molecule has 0 fully saturated rings. The fourth-order valence-electron chi connectivity index (χ4n) is 5.17. The van der Waals surface area contributed by atoms with Crippen LogP contribution >= 0.6 is 0 Å². The van der Waals surface area contributed by atoms with Crippen LogP contribution in [0.3, 0.4) is 0 Å². The summed E-state index contributed by atoms with van der Waals surface area (Å²) in [6, 6.07) is 24.4. The van der Waals surface area contributed by atoms with E-state index in [-0.39, 0.29) is 35.0 Å². The van der Waals surface area contributed by atoms with Crippen LogP contribution in [0.4, 0.5) is 5.69 Å². The molecule has 0 radical (unpaired) electrons. The molecule has 38 heavy (non-hydrogen) atoms.